The second-order valence-electron chi connectivity index (χ2n) is 5.01. The van der Waals surface area contributed by atoms with Crippen LogP contribution in [0.3, 0.4) is 0 Å². The van der Waals surface area contributed by atoms with Crippen LogP contribution in [0.4, 0.5) is 0 Å². The smallest absolute Gasteiger partial charge is 0.203 e. The number of ether oxygens (including phenoxy) is 4. The van der Waals surface area contributed by atoms with E-state index in [1.54, 1.807) is 25.3 Å². The lowest BCUT2D eigenvalue weighted by Crippen LogP contribution is -2.00. The molecule has 0 aliphatic rings. The molecule has 2 aromatic carbocycles. The molecule has 0 spiro atoms. The zero-order valence-corrected chi connectivity index (χ0v) is 16.0. The van der Waals surface area contributed by atoms with Crippen molar-refractivity contribution < 1.29 is 23.7 Å². The van der Waals surface area contributed by atoms with Gasteiger partial charge < -0.3 is 18.9 Å². The first kappa shape index (κ1) is 18.9. The first-order chi connectivity index (χ1) is 12.0. The number of ketones is 1. The van der Waals surface area contributed by atoms with Crippen LogP contribution in [-0.2, 0) is 0 Å². The number of methoxy groups -OCH3 is 4. The van der Waals surface area contributed by atoms with Gasteiger partial charge in [-0.1, -0.05) is 12.1 Å². The summed E-state index contributed by atoms with van der Waals surface area (Å²) in [6.07, 6.45) is 3.23. The van der Waals surface area contributed by atoms with Crippen molar-refractivity contribution in [1.82, 2.24) is 0 Å². The van der Waals surface area contributed by atoms with Gasteiger partial charge in [-0.2, -0.15) is 0 Å². The molecule has 0 aliphatic heterocycles. The summed E-state index contributed by atoms with van der Waals surface area (Å²) in [5.74, 6) is 1.88. The van der Waals surface area contributed by atoms with Crippen molar-refractivity contribution in [3.63, 3.8) is 0 Å². The van der Waals surface area contributed by atoms with Gasteiger partial charge in [0.25, 0.3) is 0 Å². The van der Waals surface area contributed by atoms with Crippen LogP contribution in [0.5, 0.6) is 23.0 Å². The van der Waals surface area contributed by atoms with Gasteiger partial charge in [0.1, 0.15) is 5.75 Å². The summed E-state index contributed by atoms with van der Waals surface area (Å²) in [6.45, 7) is 0. The molecule has 132 valence electrons. The summed E-state index contributed by atoms with van der Waals surface area (Å²) in [6, 6.07) is 8.81. The number of carbonyl (C=O) groups is 1. The maximum atomic E-state index is 12.5. The molecule has 0 bridgehead atoms. The molecule has 0 aromatic heterocycles. The van der Waals surface area contributed by atoms with E-state index in [1.165, 1.54) is 27.4 Å². The van der Waals surface area contributed by atoms with E-state index < -0.39 is 0 Å². The minimum atomic E-state index is -0.175. The molecule has 2 aromatic rings. The van der Waals surface area contributed by atoms with Gasteiger partial charge in [0.2, 0.25) is 5.75 Å². The van der Waals surface area contributed by atoms with Crippen LogP contribution in [-0.4, -0.2) is 34.2 Å². The molecule has 0 radical (unpaired) electrons. The summed E-state index contributed by atoms with van der Waals surface area (Å²) < 4.78 is 21.8. The predicted molar refractivity (Wildman–Crippen MR) is 100 cm³/mol. The molecular weight excluding hydrogens is 388 g/mol. The van der Waals surface area contributed by atoms with Crippen molar-refractivity contribution in [2.24, 2.45) is 0 Å². The molecule has 25 heavy (non-hydrogen) atoms. The van der Waals surface area contributed by atoms with Crippen molar-refractivity contribution >= 4 is 27.8 Å². The molecular formula is C19H19BrO5. The molecule has 5 nitrogen and oxygen atoms in total. The molecule has 0 saturated heterocycles. The average Bonchev–Trinajstić information content (AvgIpc) is 2.64. The second kappa shape index (κ2) is 8.58. The maximum Gasteiger partial charge on any atom is 0.203 e. The quantitative estimate of drug-likeness (QED) is 0.504. The number of hydrogen-bond donors (Lipinski definition) is 0. The Morgan fingerprint density at radius 2 is 1.48 bits per heavy atom. The Morgan fingerprint density at radius 3 is 1.96 bits per heavy atom. The molecule has 6 heteroatoms. The Kier molecular flexibility index (Phi) is 6.47. The van der Waals surface area contributed by atoms with Crippen molar-refractivity contribution in [3.05, 3.63) is 52.0 Å². The van der Waals surface area contributed by atoms with E-state index in [2.05, 4.69) is 15.9 Å². The summed E-state index contributed by atoms with van der Waals surface area (Å²) in [5.41, 5.74) is 1.31. The summed E-state index contributed by atoms with van der Waals surface area (Å²) >= 11 is 3.42. The number of rotatable bonds is 7. The molecule has 0 unspecified atom stereocenters. The number of hydrogen-bond acceptors (Lipinski definition) is 5. The standard InChI is InChI=1S/C19H19BrO5/c1-22-16-8-6-12(9-14(16)20)5-7-15(21)13-10-17(23-2)19(25-4)18(11-13)24-3/h5-11H,1-4H3/b7-5+. The summed E-state index contributed by atoms with van der Waals surface area (Å²) in [5, 5.41) is 0. The molecule has 2 rings (SSSR count). The van der Waals surface area contributed by atoms with Gasteiger partial charge in [-0.15, -0.1) is 0 Å². The van der Waals surface area contributed by atoms with Gasteiger partial charge in [-0.3, -0.25) is 4.79 Å². The van der Waals surface area contributed by atoms with E-state index in [-0.39, 0.29) is 5.78 Å². The predicted octanol–water partition coefficient (Wildman–Crippen LogP) is 4.38. The lowest BCUT2D eigenvalue weighted by atomic mass is 10.1. The molecule has 0 heterocycles. The number of carbonyl (C=O) groups excluding carboxylic acids is 1. The molecule has 0 fully saturated rings. The van der Waals surface area contributed by atoms with Gasteiger partial charge in [0.15, 0.2) is 17.3 Å². The van der Waals surface area contributed by atoms with E-state index in [0.29, 0.717) is 22.8 Å². The first-order valence-corrected chi connectivity index (χ1v) is 8.19. The van der Waals surface area contributed by atoms with Gasteiger partial charge in [-0.25, -0.2) is 0 Å². The maximum absolute atomic E-state index is 12.5. The number of halogens is 1. The van der Waals surface area contributed by atoms with E-state index in [9.17, 15) is 4.79 Å². The van der Waals surface area contributed by atoms with Gasteiger partial charge in [0, 0.05) is 5.56 Å². The summed E-state index contributed by atoms with van der Waals surface area (Å²) in [7, 11) is 6.14. The van der Waals surface area contributed by atoms with Crippen LogP contribution in [0.25, 0.3) is 6.08 Å². The van der Waals surface area contributed by atoms with Gasteiger partial charge in [-0.05, 0) is 51.8 Å². The minimum Gasteiger partial charge on any atom is -0.496 e. The van der Waals surface area contributed by atoms with E-state index >= 15 is 0 Å². The van der Waals surface area contributed by atoms with Crippen LogP contribution in [0.2, 0.25) is 0 Å². The van der Waals surface area contributed by atoms with E-state index in [1.807, 2.05) is 18.2 Å². The fourth-order valence-electron chi connectivity index (χ4n) is 2.28. The van der Waals surface area contributed by atoms with Crippen LogP contribution >= 0.6 is 15.9 Å². The first-order valence-electron chi connectivity index (χ1n) is 7.40. The SMILES string of the molecule is COc1ccc(/C=C/C(=O)c2cc(OC)c(OC)c(OC)c2)cc1Br. The van der Waals surface area contributed by atoms with Crippen LogP contribution < -0.4 is 18.9 Å². The highest BCUT2D eigenvalue weighted by atomic mass is 79.9. The van der Waals surface area contributed by atoms with E-state index in [0.717, 1.165) is 15.8 Å². The number of benzene rings is 2. The Bertz CT molecular complexity index is 773. The third-order valence-corrected chi connectivity index (χ3v) is 4.17. The van der Waals surface area contributed by atoms with Crippen molar-refractivity contribution in [1.29, 1.82) is 0 Å². The van der Waals surface area contributed by atoms with Crippen LogP contribution in [0.15, 0.2) is 40.9 Å². The molecule has 0 aliphatic carbocycles. The topological polar surface area (TPSA) is 54.0 Å². The van der Waals surface area contributed by atoms with Gasteiger partial charge >= 0.3 is 0 Å². The third-order valence-electron chi connectivity index (χ3n) is 3.55. The van der Waals surface area contributed by atoms with Crippen LogP contribution in [0, 0.1) is 0 Å². The van der Waals surface area contributed by atoms with Crippen molar-refractivity contribution in [2.45, 2.75) is 0 Å². The largest absolute Gasteiger partial charge is 0.496 e. The highest BCUT2D eigenvalue weighted by Gasteiger charge is 2.15. The Labute approximate surface area is 155 Å². The molecule has 0 amide bonds. The van der Waals surface area contributed by atoms with Gasteiger partial charge in [0.05, 0.1) is 32.9 Å². The molecule has 0 N–H and O–H groups in total. The monoisotopic (exact) mass is 406 g/mol. The van der Waals surface area contributed by atoms with Crippen LogP contribution in [0.1, 0.15) is 15.9 Å². The third kappa shape index (κ3) is 4.33. The Morgan fingerprint density at radius 1 is 0.880 bits per heavy atom. The highest BCUT2D eigenvalue weighted by Crippen LogP contribution is 2.38. The fourth-order valence-corrected chi connectivity index (χ4v) is 2.84. The number of allylic oxidation sites excluding steroid dienone is 1. The highest BCUT2D eigenvalue weighted by molar-refractivity contribution is 9.10. The normalized spacial score (nSPS) is 10.6. The molecule has 0 atom stereocenters. The zero-order valence-electron chi connectivity index (χ0n) is 14.5. The van der Waals surface area contributed by atoms with Crippen molar-refractivity contribution in [3.8, 4) is 23.0 Å². The van der Waals surface area contributed by atoms with E-state index in [4.69, 9.17) is 18.9 Å². The molecule has 0 saturated carbocycles. The lowest BCUT2D eigenvalue weighted by Gasteiger charge is -2.13. The van der Waals surface area contributed by atoms with Crippen molar-refractivity contribution in [2.75, 3.05) is 28.4 Å². The summed E-state index contributed by atoms with van der Waals surface area (Å²) in [4.78, 5) is 12.5. The Hall–Kier alpha value is -2.47. The fraction of sp³-hybridized carbons (Fsp3) is 0.211. The second-order valence-corrected chi connectivity index (χ2v) is 5.86. The zero-order chi connectivity index (χ0) is 18.4. The lowest BCUT2D eigenvalue weighted by molar-refractivity contribution is 0.104. The average molecular weight is 407 g/mol. The Balaban J connectivity index is 2.30. The minimum absolute atomic E-state index is 0.175.